The zero-order valence-electron chi connectivity index (χ0n) is 18.3. The Bertz CT molecular complexity index is 1230. The minimum Gasteiger partial charge on any atom is -0.350 e. The van der Waals surface area contributed by atoms with E-state index in [0.29, 0.717) is 29.6 Å². The van der Waals surface area contributed by atoms with Crippen LogP contribution in [-0.2, 0) is 4.79 Å². The zero-order chi connectivity index (χ0) is 23.9. The SMILES string of the molecule is O=C(N[C@@H]1CN(C(=O)c2cccn3cncc23)CC[C@H]1c1cccc(F)c1)[C@H]1CC(F)(F)CN1. The number of piperidine rings is 1. The molecule has 0 radical (unpaired) electrons. The smallest absolute Gasteiger partial charge is 0.262 e. The quantitative estimate of drug-likeness (QED) is 0.613. The predicted octanol–water partition coefficient (Wildman–Crippen LogP) is 2.59. The third-order valence-electron chi connectivity index (χ3n) is 6.61. The van der Waals surface area contributed by atoms with Gasteiger partial charge in [0.1, 0.15) is 5.82 Å². The van der Waals surface area contributed by atoms with E-state index in [4.69, 9.17) is 0 Å². The largest absolute Gasteiger partial charge is 0.350 e. The van der Waals surface area contributed by atoms with Gasteiger partial charge >= 0.3 is 0 Å². The van der Waals surface area contributed by atoms with Crippen LogP contribution >= 0.6 is 0 Å². The van der Waals surface area contributed by atoms with E-state index in [-0.39, 0.29) is 18.4 Å². The lowest BCUT2D eigenvalue weighted by Gasteiger charge is -2.39. The topological polar surface area (TPSA) is 78.7 Å². The lowest BCUT2D eigenvalue weighted by molar-refractivity contribution is -0.124. The first-order valence-electron chi connectivity index (χ1n) is 11.2. The summed E-state index contributed by atoms with van der Waals surface area (Å²) in [6.07, 6.45) is 4.91. The van der Waals surface area contributed by atoms with Crippen molar-refractivity contribution in [1.82, 2.24) is 24.9 Å². The maximum Gasteiger partial charge on any atom is 0.262 e. The Morgan fingerprint density at radius 3 is 2.82 bits per heavy atom. The number of hydrogen-bond donors (Lipinski definition) is 2. The van der Waals surface area contributed by atoms with Crippen molar-refractivity contribution in [2.24, 2.45) is 0 Å². The summed E-state index contributed by atoms with van der Waals surface area (Å²) in [5.74, 6) is -4.37. The molecule has 4 heterocycles. The van der Waals surface area contributed by atoms with Crippen LogP contribution in [0, 0.1) is 5.82 Å². The highest BCUT2D eigenvalue weighted by Gasteiger charge is 2.43. The third kappa shape index (κ3) is 4.37. The van der Waals surface area contributed by atoms with Crippen LogP contribution in [-0.4, -0.2) is 63.7 Å². The number of nitrogens with zero attached hydrogens (tertiary/aromatic N) is 3. The number of amides is 2. The summed E-state index contributed by atoms with van der Waals surface area (Å²) in [4.78, 5) is 31.9. The van der Waals surface area contributed by atoms with E-state index in [9.17, 15) is 22.8 Å². The van der Waals surface area contributed by atoms with Gasteiger partial charge in [-0.05, 0) is 36.2 Å². The van der Waals surface area contributed by atoms with Gasteiger partial charge in [0.15, 0.2) is 0 Å². The van der Waals surface area contributed by atoms with Crippen LogP contribution in [0.25, 0.3) is 5.52 Å². The number of imidazole rings is 1. The van der Waals surface area contributed by atoms with Gasteiger partial charge in [0.05, 0.1) is 42.2 Å². The van der Waals surface area contributed by atoms with Crippen molar-refractivity contribution in [3.63, 3.8) is 0 Å². The Balaban J connectivity index is 1.39. The molecule has 0 unspecified atom stereocenters. The average molecular weight is 471 g/mol. The molecule has 0 spiro atoms. The Kier molecular flexibility index (Phi) is 5.76. The number of aromatic nitrogens is 2. The minimum absolute atomic E-state index is 0.171. The number of halogens is 3. The zero-order valence-corrected chi connectivity index (χ0v) is 18.3. The molecule has 3 atom stereocenters. The number of benzene rings is 1. The van der Waals surface area contributed by atoms with Gasteiger partial charge in [-0.1, -0.05) is 12.1 Å². The number of nitrogens with one attached hydrogen (secondary N) is 2. The molecular formula is C24H24F3N5O2. The molecule has 34 heavy (non-hydrogen) atoms. The second-order valence-electron chi connectivity index (χ2n) is 8.92. The van der Waals surface area contributed by atoms with E-state index in [2.05, 4.69) is 15.6 Å². The van der Waals surface area contributed by atoms with E-state index in [1.165, 1.54) is 12.1 Å². The molecule has 2 fully saturated rings. The predicted molar refractivity (Wildman–Crippen MR) is 118 cm³/mol. The van der Waals surface area contributed by atoms with Crippen LogP contribution in [0.2, 0.25) is 0 Å². The molecule has 7 nitrogen and oxygen atoms in total. The molecule has 0 aliphatic carbocycles. The van der Waals surface area contributed by atoms with Crippen LogP contribution in [0.3, 0.4) is 0 Å². The molecule has 2 aliphatic heterocycles. The molecule has 5 rings (SSSR count). The third-order valence-corrected chi connectivity index (χ3v) is 6.61. The Morgan fingerprint density at radius 2 is 2.06 bits per heavy atom. The Morgan fingerprint density at radius 1 is 1.21 bits per heavy atom. The molecule has 2 saturated heterocycles. The normalized spacial score (nSPS) is 24.3. The van der Waals surface area contributed by atoms with Crippen molar-refractivity contribution >= 4 is 17.3 Å². The van der Waals surface area contributed by atoms with Crippen LogP contribution in [0.15, 0.2) is 55.1 Å². The first-order chi connectivity index (χ1) is 16.3. The fraction of sp³-hybridized carbons (Fsp3) is 0.375. The molecule has 0 saturated carbocycles. The second kappa shape index (κ2) is 8.75. The summed E-state index contributed by atoms with van der Waals surface area (Å²) in [6, 6.07) is 8.02. The number of alkyl halides is 2. The van der Waals surface area contributed by atoms with Crippen molar-refractivity contribution in [2.45, 2.75) is 36.8 Å². The fourth-order valence-corrected chi connectivity index (χ4v) is 4.90. The lowest BCUT2D eigenvalue weighted by Crippen LogP contribution is -2.55. The molecule has 0 bridgehead atoms. The average Bonchev–Trinajstić information content (AvgIpc) is 3.44. The van der Waals surface area contributed by atoms with Gasteiger partial charge in [-0.3, -0.25) is 14.9 Å². The summed E-state index contributed by atoms with van der Waals surface area (Å²) >= 11 is 0. The van der Waals surface area contributed by atoms with Gasteiger partial charge in [-0.15, -0.1) is 0 Å². The van der Waals surface area contributed by atoms with Gasteiger partial charge < -0.3 is 14.6 Å². The van der Waals surface area contributed by atoms with Crippen molar-refractivity contribution < 1.29 is 22.8 Å². The number of hydrogen-bond acceptors (Lipinski definition) is 4. The summed E-state index contributed by atoms with van der Waals surface area (Å²) in [5.41, 5.74) is 1.84. The van der Waals surface area contributed by atoms with Crippen molar-refractivity contribution in [3.8, 4) is 0 Å². The number of likely N-dealkylation sites (tertiary alicyclic amines) is 1. The van der Waals surface area contributed by atoms with Gasteiger partial charge in [-0.2, -0.15) is 0 Å². The Labute approximate surface area is 194 Å². The van der Waals surface area contributed by atoms with E-state index in [1.54, 1.807) is 52.3 Å². The van der Waals surface area contributed by atoms with Gasteiger partial charge in [0, 0.05) is 31.6 Å². The maximum atomic E-state index is 13.9. The highest BCUT2D eigenvalue weighted by Crippen LogP contribution is 2.31. The number of pyridine rings is 1. The van der Waals surface area contributed by atoms with E-state index in [0.717, 1.165) is 0 Å². The number of carbonyl (C=O) groups excluding carboxylic acids is 2. The molecule has 2 aromatic heterocycles. The minimum atomic E-state index is -2.94. The van der Waals surface area contributed by atoms with E-state index < -0.39 is 42.7 Å². The molecule has 1 aromatic carbocycles. The van der Waals surface area contributed by atoms with Crippen molar-refractivity contribution in [2.75, 3.05) is 19.6 Å². The second-order valence-corrected chi connectivity index (χ2v) is 8.92. The van der Waals surface area contributed by atoms with Gasteiger partial charge in [0.2, 0.25) is 5.91 Å². The van der Waals surface area contributed by atoms with Crippen LogP contribution in [0.1, 0.15) is 34.7 Å². The maximum absolute atomic E-state index is 13.9. The number of rotatable bonds is 4. The number of carbonyl (C=O) groups is 2. The molecule has 178 valence electrons. The highest BCUT2D eigenvalue weighted by atomic mass is 19.3. The standard InChI is InChI=1S/C24H24F3N5O2/c25-16-4-1-3-15(9-16)17-6-8-31(23(34)18-5-2-7-32-14-28-11-21(18)32)12-20(17)30-22(33)19-10-24(26,27)13-29-19/h1-5,7,9,11,14,17,19-20,29H,6,8,10,12-13H2,(H,30,33)/t17-,19+,20+/m0/s1. The summed E-state index contributed by atoms with van der Waals surface area (Å²) < 4.78 is 42.9. The molecular weight excluding hydrogens is 447 g/mol. The number of fused-ring (bicyclic) bond motifs is 1. The molecule has 3 aromatic rings. The van der Waals surface area contributed by atoms with E-state index >= 15 is 0 Å². The molecule has 2 amide bonds. The summed E-state index contributed by atoms with van der Waals surface area (Å²) in [5, 5.41) is 5.43. The monoisotopic (exact) mass is 471 g/mol. The van der Waals surface area contributed by atoms with E-state index in [1.807, 2.05) is 0 Å². The molecule has 10 heteroatoms. The fourth-order valence-electron chi connectivity index (χ4n) is 4.90. The van der Waals surface area contributed by atoms with Crippen LogP contribution < -0.4 is 10.6 Å². The van der Waals surface area contributed by atoms with Crippen LogP contribution in [0.5, 0.6) is 0 Å². The Hall–Kier alpha value is -3.40. The first-order valence-corrected chi connectivity index (χ1v) is 11.2. The van der Waals surface area contributed by atoms with Gasteiger partial charge in [-0.25, -0.2) is 18.2 Å². The highest BCUT2D eigenvalue weighted by molar-refractivity contribution is 6.00. The first kappa shape index (κ1) is 22.4. The molecule has 2 N–H and O–H groups in total. The summed E-state index contributed by atoms with van der Waals surface area (Å²) in [6.45, 7) is 0.0222. The molecule has 2 aliphatic rings. The van der Waals surface area contributed by atoms with Crippen molar-refractivity contribution in [3.05, 3.63) is 72.1 Å². The van der Waals surface area contributed by atoms with Crippen LogP contribution in [0.4, 0.5) is 13.2 Å². The van der Waals surface area contributed by atoms with Gasteiger partial charge in [0.25, 0.3) is 11.8 Å². The summed E-state index contributed by atoms with van der Waals surface area (Å²) in [7, 11) is 0. The lowest BCUT2D eigenvalue weighted by atomic mass is 9.84. The van der Waals surface area contributed by atoms with Crippen molar-refractivity contribution in [1.29, 1.82) is 0 Å².